The zero-order valence-corrected chi connectivity index (χ0v) is 16.9. The number of hydrogen-bond acceptors (Lipinski definition) is 3. The average Bonchev–Trinajstić information content (AvgIpc) is 3.02. The molecule has 0 N–H and O–H groups in total. The standard InChI is InChI=1S/C24H27N3O2/c1-2-26(20-14-8-4-9-15-20)21(28)18-27-23(29)22(19-12-6-3-7-13-19)25-24(27)16-10-5-11-17-24/h3-4,6-9,12-15H,2,5,10-11,16-18H2,1H3. The van der Waals surface area contributed by atoms with Crippen molar-refractivity contribution in [3.63, 3.8) is 0 Å². The second-order valence-electron chi connectivity index (χ2n) is 7.73. The zero-order valence-electron chi connectivity index (χ0n) is 16.9. The van der Waals surface area contributed by atoms with E-state index in [1.165, 1.54) is 0 Å². The van der Waals surface area contributed by atoms with Crippen LogP contribution in [0.1, 0.15) is 44.6 Å². The minimum absolute atomic E-state index is 0.0569. The summed E-state index contributed by atoms with van der Waals surface area (Å²) in [7, 11) is 0. The number of amides is 2. The lowest BCUT2D eigenvalue weighted by Crippen LogP contribution is -2.52. The van der Waals surface area contributed by atoms with Gasteiger partial charge in [-0.15, -0.1) is 0 Å². The van der Waals surface area contributed by atoms with Gasteiger partial charge in [0, 0.05) is 17.8 Å². The maximum absolute atomic E-state index is 13.4. The average molecular weight is 389 g/mol. The van der Waals surface area contributed by atoms with Gasteiger partial charge in [-0.1, -0.05) is 55.0 Å². The van der Waals surface area contributed by atoms with E-state index in [4.69, 9.17) is 4.99 Å². The highest BCUT2D eigenvalue weighted by molar-refractivity contribution is 6.47. The second-order valence-corrected chi connectivity index (χ2v) is 7.73. The van der Waals surface area contributed by atoms with Crippen molar-refractivity contribution in [2.45, 2.75) is 44.7 Å². The Morgan fingerprint density at radius 1 is 1.00 bits per heavy atom. The largest absolute Gasteiger partial charge is 0.311 e. The van der Waals surface area contributed by atoms with Crippen LogP contribution in [-0.2, 0) is 9.59 Å². The number of aliphatic imine (C=N–C) groups is 1. The molecule has 4 rings (SSSR count). The molecule has 0 unspecified atom stereocenters. The van der Waals surface area contributed by atoms with E-state index in [0.29, 0.717) is 12.3 Å². The van der Waals surface area contributed by atoms with Crippen LogP contribution in [0, 0.1) is 0 Å². The Morgan fingerprint density at radius 3 is 2.24 bits per heavy atom. The molecule has 5 heteroatoms. The number of nitrogens with zero attached hydrogens (tertiary/aromatic N) is 3. The van der Waals surface area contributed by atoms with Gasteiger partial charge in [0.1, 0.15) is 17.9 Å². The summed E-state index contributed by atoms with van der Waals surface area (Å²) < 4.78 is 0. The minimum atomic E-state index is -0.577. The van der Waals surface area contributed by atoms with Crippen LogP contribution in [-0.4, -0.2) is 41.2 Å². The lowest BCUT2D eigenvalue weighted by molar-refractivity contribution is -0.134. The topological polar surface area (TPSA) is 53.0 Å². The predicted octanol–water partition coefficient (Wildman–Crippen LogP) is 4.03. The van der Waals surface area contributed by atoms with Crippen LogP contribution in [0.2, 0.25) is 0 Å². The fourth-order valence-electron chi connectivity index (χ4n) is 4.47. The molecule has 0 saturated heterocycles. The number of hydrogen-bond donors (Lipinski definition) is 0. The molecule has 2 amide bonds. The molecule has 150 valence electrons. The molecule has 1 spiro atoms. The molecule has 5 nitrogen and oxygen atoms in total. The summed E-state index contributed by atoms with van der Waals surface area (Å²) in [5.41, 5.74) is 1.59. The third-order valence-corrected chi connectivity index (χ3v) is 5.95. The molecular formula is C24H27N3O2. The molecule has 1 fully saturated rings. The van der Waals surface area contributed by atoms with Crippen molar-refractivity contribution >= 4 is 23.2 Å². The summed E-state index contributed by atoms with van der Waals surface area (Å²) in [5, 5.41) is 0. The van der Waals surface area contributed by atoms with E-state index >= 15 is 0 Å². The Kier molecular flexibility index (Phi) is 5.47. The highest BCUT2D eigenvalue weighted by atomic mass is 16.2. The summed E-state index contributed by atoms with van der Waals surface area (Å²) in [4.78, 5) is 35.0. The quantitative estimate of drug-likeness (QED) is 0.775. The molecule has 29 heavy (non-hydrogen) atoms. The SMILES string of the molecule is CCN(C(=O)CN1C(=O)C(c2ccccc2)=NC12CCCCC2)c1ccccc1. The Labute approximate surface area is 172 Å². The van der Waals surface area contributed by atoms with Gasteiger partial charge in [-0.05, 0) is 44.7 Å². The third kappa shape index (κ3) is 3.69. The van der Waals surface area contributed by atoms with Crippen molar-refractivity contribution in [3.05, 3.63) is 66.2 Å². The molecule has 0 radical (unpaired) electrons. The van der Waals surface area contributed by atoms with E-state index in [-0.39, 0.29) is 18.4 Å². The second kappa shape index (κ2) is 8.19. The summed E-state index contributed by atoms with van der Waals surface area (Å²) in [6.07, 6.45) is 4.85. The number of benzene rings is 2. The number of carbonyl (C=O) groups is 2. The van der Waals surface area contributed by atoms with E-state index < -0.39 is 5.66 Å². The minimum Gasteiger partial charge on any atom is -0.311 e. The van der Waals surface area contributed by atoms with E-state index in [1.54, 1.807) is 9.80 Å². The number of para-hydroxylation sites is 1. The maximum atomic E-state index is 13.4. The highest BCUT2D eigenvalue weighted by Crippen LogP contribution is 2.39. The van der Waals surface area contributed by atoms with E-state index in [2.05, 4.69) is 0 Å². The van der Waals surface area contributed by atoms with Gasteiger partial charge in [0.15, 0.2) is 0 Å². The Bertz CT molecular complexity index is 902. The molecule has 0 bridgehead atoms. The fraction of sp³-hybridized carbons (Fsp3) is 0.375. The van der Waals surface area contributed by atoms with Crippen molar-refractivity contribution in [2.75, 3.05) is 18.0 Å². The molecule has 1 heterocycles. The van der Waals surface area contributed by atoms with Crippen LogP contribution < -0.4 is 4.90 Å². The maximum Gasteiger partial charge on any atom is 0.275 e. The first-order valence-electron chi connectivity index (χ1n) is 10.5. The molecule has 1 aliphatic heterocycles. The Balaban J connectivity index is 1.63. The molecule has 1 aliphatic carbocycles. The van der Waals surface area contributed by atoms with Crippen molar-refractivity contribution in [1.29, 1.82) is 0 Å². The molecule has 0 aromatic heterocycles. The lowest BCUT2D eigenvalue weighted by Gasteiger charge is -2.39. The van der Waals surface area contributed by atoms with Gasteiger partial charge in [0.25, 0.3) is 5.91 Å². The Morgan fingerprint density at radius 2 is 1.62 bits per heavy atom. The number of likely N-dealkylation sites (N-methyl/N-ethyl adjacent to an activating group) is 1. The first-order valence-corrected chi connectivity index (χ1v) is 10.5. The number of rotatable bonds is 5. The van der Waals surface area contributed by atoms with E-state index in [0.717, 1.165) is 43.4 Å². The van der Waals surface area contributed by atoms with E-state index in [1.807, 2.05) is 67.6 Å². The lowest BCUT2D eigenvalue weighted by atomic mass is 9.88. The molecule has 1 saturated carbocycles. The Hall–Kier alpha value is -2.95. The van der Waals surface area contributed by atoms with Crippen molar-refractivity contribution in [3.8, 4) is 0 Å². The van der Waals surface area contributed by atoms with Gasteiger partial charge in [0.05, 0.1) is 0 Å². The zero-order chi connectivity index (χ0) is 20.3. The van der Waals surface area contributed by atoms with Gasteiger partial charge >= 0.3 is 0 Å². The van der Waals surface area contributed by atoms with Gasteiger partial charge in [-0.3, -0.25) is 14.6 Å². The normalized spacial score (nSPS) is 18.0. The summed E-state index contributed by atoms with van der Waals surface area (Å²) in [6, 6.07) is 19.2. The molecular weight excluding hydrogens is 362 g/mol. The molecule has 0 atom stereocenters. The van der Waals surface area contributed by atoms with Crippen molar-refractivity contribution in [2.24, 2.45) is 4.99 Å². The third-order valence-electron chi connectivity index (χ3n) is 5.95. The molecule has 2 aliphatic rings. The fourth-order valence-corrected chi connectivity index (χ4v) is 4.47. The van der Waals surface area contributed by atoms with E-state index in [9.17, 15) is 9.59 Å². The van der Waals surface area contributed by atoms with Crippen LogP contribution in [0.5, 0.6) is 0 Å². The van der Waals surface area contributed by atoms with Gasteiger partial charge < -0.3 is 9.80 Å². The summed E-state index contributed by atoms with van der Waals surface area (Å²) in [5.74, 6) is -0.197. The van der Waals surface area contributed by atoms with Crippen LogP contribution >= 0.6 is 0 Å². The van der Waals surface area contributed by atoms with Crippen LogP contribution in [0.4, 0.5) is 5.69 Å². The number of carbonyl (C=O) groups excluding carboxylic acids is 2. The van der Waals surface area contributed by atoms with Crippen molar-refractivity contribution in [1.82, 2.24) is 4.90 Å². The van der Waals surface area contributed by atoms with Crippen LogP contribution in [0.25, 0.3) is 0 Å². The highest BCUT2D eigenvalue weighted by Gasteiger charge is 2.48. The molecule has 2 aromatic rings. The van der Waals surface area contributed by atoms with Gasteiger partial charge in [0.2, 0.25) is 5.91 Å². The summed E-state index contributed by atoms with van der Waals surface area (Å²) >= 11 is 0. The monoisotopic (exact) mass is 389 g/mol. The van der Waals surface area contributed by atoms with Gasteiger partial charge in [-0.2, -0.15) is 0 Å². The van der Waals surface area contributed by atoms with Crippen LogP contribution in [0.3, 0.4) is 0 Å². The van der Waals surface area contributed by atoms with Crippen molar-refractivity contribution < 1.29 is 9.59 Å². The number of anilines is 1. The van der Waals surface area contributed by atoms with Crippen LogP contribution in [0.15, 0.2) is 65.7 Å². The van der Waals surface area contributed by atoms with Gasteiger partial charge in [-0.25, -0.2) is 0 Å². The first kappa shape index (κ1) is 19.4. The summed E-state index contributed by atoms with van der Waals surface area (Å²) in [6.45, 7) is 2.57. The predicted molar refractivity (Wildman–Crippen MR) is 115 cm³/mol. The smallest absolute Gasteiger partial charge is 0.275 e. The molecule has 2 aromatic carbocycles. The first-order chi connectivity index (χ1) is 14.1.